The van der Waals surface area contributed by atoms with Crippen LogP contribution in [0.2, 0.25) is 0 Å². The van der Waals surface area contributed by atoms with Gasteiger partial charge in [-0.05, 0) is 205 Å². The lowest BCUT2D eigenvalue weighted by Crippen LogP contribution is -2.26. The number of benzene rings is 10. The van der Waals surface area contributed by atoms with Crippen molar-refractivity contribution in [2.45, 2.75) is 112 Å². The Bertz CT molecular complexity index is 4190. The highest BCUT2D eigenvalue weighted by atomic mass is 14.8. The van der Waals surface area contributed by atoms with E-state index in [-0.39, 0.29) is 5.92 Å². The molecule has 0 bridgehead atoms. The van der Waals surface area contributed by atoms with Crippen molar-refractivity contribution in [3.8, 4) is 33.4 Å². The average molecular weight is 1070 g/mol. The standard InChI is InChI=1S/C78H70N2.C2H6/c1-8-24-50(4)73(77(79-7)66(49(3)9-2)45-52(6)54-28-14-11-15-29-54)76(80-48-53-26-12-10-13-27-53)57-42-44-65-71(47-57)78(68-38-18-16-32-61(68)62-33-17-19-39-69(62)78)70-40-23-35-59(74(65)70)56-41-43-60-63-36-20-25-51(5)72(63)75-58(55-30-21-31-55)34-22-37-64(75)67(60)46-56;1-2/h10-20,22-23,25-29,32-47,50,55H,7-9,21,24,30-31,48H2,1-6H3;1-2H3/b52-45+,66-49+,77-73-,80-76?;. The molecule has 3 aliphatic rings. The van der Waals surface area contributed by atoms with E-state index < -0.39 is 5.41 Å². The molecule has 10 aromatic carbocycles. The van der Waals surface area contributed by atoms with Crippen LogP contribution in [0.4, 0.5) is 0 Å². The molecule has 1 spiro atoms. The third-order valence-corrected chi connectivity index (χ3v) is 18.4. The molecule has 0 radical (unpaired) electrons. The van der Waals surface area contributed by atoms with Crippen molar-refractivity contribution in [1.29, 1.82) is 0 Å². The van der Waals surface area contributed by atoms with Crippen LogP contribution in [0.1, 0.15) is 143 Å². The van der Waals surface area contributed by atoms with Crippen LogP contribution >= 0.6 is 0 Å². The molecule has 0 heterocycles. The summed E-state index contributed by atoms with van der Waals surface area (Å²) in [6, 6.07) is 75.7. The van der Waals surface area contributed by atoms with E-state index in [0.717, 1.165) is 47.4 Å². The van der Waals surface area contributed by atoms with Crippen molar-refractivity contribution in [2.24, 2.45) is 15.9 Å². The Morgan fingerprint density at radius 1 is 0.598 bits per heavy atom. The van der Waals surface area contributed by atoms with Gasteiger partial charge in [0.25, 0.3) is 0 Å². The minimum absolute atomic E-state index is 0.119. The lowest BCUT2D eigenvalue weighted by atomic mass is 9.70. The molecule has 1 atom stereocenters. The fourth-order valence-corrected chi connectivity index (χ4v) is 14.2. The van der Waals surface area contributed by atoms with Gasteiger partial charge in [0.15, 0.2) is 0 Å². The van der Waals surface area contributed by atoms with E-state index in [0.29, 0.717) is 12.5 Å². The topological polar surface area (TPSA) is 24.7 Å². The van der Waals surface area contributed by atoms with E-state index in [9.17, 15) is 0 Å². The molecule has 0 amide bonds. The normalized spacial score (nSPS) is 15.2. The highest BCUT2D eigenvalue weighted by Crippen LogP contribution is 2.64. The molecule has 0 N–H and O–H groups in total. The highest BCUT2D eigenvalue weighted by Gasteiger charge is 2.52. The summed E-state index contributed by atoms with van der Waals surface area (Å²) in [5.74, 6) is 0.729. The maximum atomic E-state index is 5.82. The number of aryl methyl sites for hydroxylation is 1. The third kappa shape index (κ3) is 8.94. The largest absolute Gasteiger partial charge is 0.280 e. The van der Waals surface area contributed by atoms with Gasteiger partial charge in [0.1, 0.15) is 0 Å². The summed E-state index contributed by atoms with van der Waals surface area (Å²) in [7, 11) is 0. The third-order valence-electron chi connectivity index (χ3n) is 18.4. The van der Waals surface area contributed by atoms with Crippen LogP contribution in [-0.4, -0.2) is 12.4 Å². The van der Waals surface area contributed by atoms with Gasteiger partial charge in [-0.3, -0.25) is 9.98 Å². The fourth-order valence-electron chi connectivity index (χ4n) is 14.2. The van der Waals surface area contributed by atoms with Gasteiger partial charge in [0.05, 0.1) is 23.4 Å². The first-order valence-corrected chi connectivity index (χ1v) is 30.3. The maximum Gasteiger partial charge on any atom is 0.0750 e. The van der Waals surface area contributed by atoms with Crippen LogP contribution < -0.4 is 0 Å². The summed E-state index contributed by atoms with van der Waals surface area (Å²) in [5.41, 5.74) is 25.2. The summed E-state index contributed by atoms with van der Waals surface area (Å²) >= 11 is 0. The Kier molecular flexibility index (Phi) is 15.1. The van der Waals surface area contributed by atoms with Crippen LogP contribution in [0.5, 0.6) is 0 Å². The Morgan fingerprint density at radius 2 is 1.23 bits per heavy atom. The number of hydrogen-bond donors (Lipinski definition) is 0. The van der Waals surface area contributed by atoms with E-state index in [1.807, 2.05) is 13.8 Å². The second kappa shape index (κ2) is 22.8. The van der Waals surface area contributed by atoms with Crippen molar-refractivity contribution in [3.63, 3.8) is 0 Å². The van der Waals surface area contributed by atoms with Gasteiger partial charge in [-0.1, -0.05) is 241 Å². The number of rotatable bonds is 14. The summed E-state index contributed by atoms with van der Waals surface area (Å²) in [6.07, 6.45) is 9.06. The second-order valence-corrected chi connectivity index (χ2v) is 23.0. The molecule has 0 aromatic heterocycles. The van der Waals surface area contributed by atoms with Crippen LogP contribution in [0.25, 0.3) is 71.3 Å². The molecule has 406 valence electrons. The summed E-state index contributed by atoms with van der Waals surface area (Å²) in [6.45, 7) is 22.6. The zero-order valence-corrected chi connectivity index (χ0v) is 49.3. The quantitative estimate of drug-likeness (QED) is 0.0589. The molecule has 2 nitrogen and oxygen atoms in total. The van der Waals surface area contributed by atoms with E-state index in [1.165, 1.54) is 141 Å². The molecule has 0 aliphatic heterocycles. The Balaban J connectivity index is 0.00000329. The average Bonchev–Trinajstić information content (AvgIpc) is 1.63. The first kappa shape index (κ1) is 54.1. The first-order chi connectivity index (χ1) is 40.2. The van der Waals surface area contributed by atoms with Gasteiger partial charge in [-0.15, -0.1) is 0 Å². The lowest BCUT2D eigenvalue weighted by molar-refractivity contribution is 0.422. The number of allylic oxidation sites excluding steroid dienone is 4. The molecule has 1 unspecified atom stereocenters. The molecule has 0 saturated heterocycles. The van der Waals surface area contributed by atoms with Crippen LogP contribution in [0.3, 0.4) is 0 Å². The summed E-state index contributed by atoms with van der Waals surface area (Å²) < 4.78 is 0. The molecule has 10 aromatic rings. The van der Waals surface area contributed by atoms with Crippen molar-refractivity contribution >= 4 is 50.3 Å². The van der Waals surface area contributed by atoms with E-state index >= 15 is 0 Å². The fraction of sp³-hybridized carbons (Fsp3) is 0.225. The zero-order chi connectivity index (χ0) is 56.6. The van der Waals surface area contributed by atoms with Gasteiger partial charge in [-0.2, -0.15) is 0 Å². The van der Waals surface area contributed by atoms with Crippen molar-refractivity contribution < 1.29 is 0 Å². The molecule has 1 fully saturated rings. The molecular weight excluding hydrogens is 989 g/mol. The van der Waals surface area contributed by atoms with Crippen molar-refractivity contribution in [3.05, 3.63) is 279 Å². The smallest absolute Gasteiger partial charge is 0.0750 e. The van der Waals surface area contributed by atoms with E-state index in [4.69, 9.17) is 9.98 Å². The van der Waals surface area contributed by atoms with Crippen LogP contribution in [0, 0.1) is 12.8 Å². The minimum Gasteiger partial charge on any atom is -0.280 e. The second-order valence-electron chi connectivity index (χ2n) is 23.0. The summed E-state index contributed by atoms with van der Waals surface area (Å²) in [4.78, 5) is 10.9. The number of hydrogen-bond acceptors (Lipinski definition) is 2. The maximum absolute atomic E-state index is 5.82. The van der Waals surface area contributed by atoms with Crippen LogP contribution in [-0.2, 0) is 12.0 Å². The monoisotopic (exact) mass is 1060 g/mol. The predicted molar refractivity (Wildman–Crippen MR) is 354 cm³/mol. The molecule has 2 heteroatoms. The first-order valence-electron chi connectivity index (χ1n) is 30.3. The van der Waals surface area contributed by atoms with Crippen LogP contribution in [0.15, 0.2) is 239 Å². The molecule has 1 saturated carbocycles. The Morgan fingerprint density at radius 3 is 1.90 bits per heavy atom. The van der Waals surface area contributed by atoms with Gasteiger partial charge in [0.2, 0.25) is 0 Å². The van der Waals surface area contributed by atoms with Gasteiger partial charge >= 0.3 is 0 Å². The Labute approximate surface area is 487 Å². The minimum atomic E-state index is -0.596. The number of fused-ring (bicyclic) bond motifs is 16. The van der Waals surface area contributed by atoms with Gasteiger partial charge in [0, 0.05) is 11.1 Å². The van der Waals surface area contributed by atoms with E-state index in [2.05, 4.69) is 255 Å². The van der Waals surface area contributed by atoms with E-state index in [1.54, 1.807) is 0 Å². The molecule has 82 heavy (non-hydrogen) atoms. The van der Waals surface area contributed by atoms with Gasteiger partial charge in [-0.25, -0.2) is 0 Å². The summed E-state index contributed by atoms with van der Waals surface area (Å²) in [5, 5.41) is 8.19. The lowest BCUT2D eigenvalue weighted by Gasteiger charge is -2.31. The van der Waals surface area contributed by atoms with Gasteiger partial charge < -0.3 is 0 Å². The highest BCUT2D eigenvalue weighted by molar-refractivity contribution is 6.27. The number of aliphatic imine (C=N–C) groups is 2. The Hall–Kier alpha value is -8.46. The molecule has 3 aliphatic carbocycles. The number of nitrogens with zero attached hydrogens (tertiary/aromatic N) is 2. The predicted octanol–water partition coefficient (Wildman–Crippen LogP) is 22.0. The van der Waals surface area contributed by atoms with Crippen molar-refractivity contribution in [1.82, 2.24) is 0 Å². The zero-order valence-electron chi connectivity index (χ0n) is 49.3. The molecule has 13 rings (SSSR count). The molecular formula is C80H76N2. The SMILES string of the molecule is C=NC(=C(\C(=NCc1ccccc1)c1ccc2c(c1)C1(c3ccccc3-c3ccccc31)c1cccc(-c3ccc4c(c3)c3cccc(C5CCC5)c3c3c(C)cccc43)c1-2)C(C)CCC)/C(/C=C(\C)c1ccccc1)=C(\C)CC.CC. The van der Waals surface area contributed by atoms with Crippen molar-refractivity contribution in [2.75, 3.05) is 0 Å².